The summed E-state index contributed by atoms with van der Waals surface area (Å²) in [6, 6.07) is 1.75. The highest BCUT2D eigenvalue weighted by Crippen LogP contribution is 2.21. The maximum atomic E-state index is 11.5. The van der Waals surface area contributed by atoms with Gasteiger partial charge >= 0.3 is 0 Å². The smallest absolute Gasteiger partial charge is 0.226 e. The van der Waals surface area contributed by atoms with E-state index in [9.17, 15) is 13.2 Å². The van der Waals surface area contributed by atoms with Gasteiger partial charge in [-0.2, -0.15) is 5.10 Å². The van der Waals surface area contributed by atoms with Gasteiger partial charge in [-0.3, -0.25) is 9.89 Å². The number of anilines is 1. The molecule has 0 aliphatic heterocycles. The average molecular weight is 273 g/mol. The first kappa shape index (κ1) is 14.7. The number of sulfone groups is 1. The minimum atomic E-state index is -3.12. The number of carbonyl (C=O) groups excluding carboxylic acids is 1. The summed E-state index contributed by atoms with van der Waals surface area (Å²) in [4.78, 5) is 11.5. The number of hydrogen-bond acceptors (Lipinski definition) is 4. The molecule has 6 nitrogen and oxygen atoms in total. The van der Waals surface area contributed by atoms with E-state index in [0.717, 1.165) is 11.9 Å². The minimum Gasteiger partial charge on any atom is -0.309 e. The number of H-pyrrole nitrogens is 1. The van der Waals surface area contributed by atoms with E-state index in [-0.39, 0.29) is 23.5 Å². The van der Waals surface area contributed by atoms with E-state index in [0.29, 0.717) is 5.82 Å². The summed E-state index contributed by atoms with van der Waals surface area (Å²) in [6.07, 6.45) is 1.04. The van der Waals surface area contributed by atoms with Crippen molar-refractivity contribution in [3.05, 3.63) is 11.8 Å². The molecule has 7 heteroatoms. The summed E-state index contributed by atoms with van der Waals surface area (Å²) in [6.45, 7) is 6.07. The first-order chi connectivity index (χ1) is 8.08. The number of rotatable bonds is 4. The molecule has 0 aliphatic rings. The van der Waals surface area contributed by atoms with Crippen molar-refractivity contribution in [2.75, 3.05) is 17.3 Å². The van der Waals surface area contributed by atoms with Crippen LogP contribution in [0.2, 0.25) is 0 Å². The summed E-state index contributed by atoms with van der Waals surface area (Å²) in [5.74, 6) is -0.0964. The topological polar surface area (TPSA) is 91.9 Å². The van der Waals surface area contributed by atoms with Crippen molar-refractivity contribution in [2.45, 2.75) is 32.6 Å². The van der Waals surface area contributed by atoms with E-state index in [1.165, 1.54) is 0 Å². The first-order valence-electron chi connectivity index (χ1n) is 5.61. The summed E-state index contributed by atoms with van der Waals surface area (Å²) in [7, 11) is -3.12. The number of aromatic amines is 1. The van der Waals surface area contributed by atoms with Crippen molar-refractivity contribution < 1.29 is 13.2 Å². The molecular formula is C11H19N3O3S. The Labute approximate surface area is 107 Å². The van der Waals surface area contributed by atoms with Gasteiger partial charge in [0.15, 0.2) is 5.82 Å². The zero-order valence-electron chi connectivity index (χ0n) is 11.1. The van der Waals surface area contributed by atoms with Gasteiger partial charge in [0.2, 0.25) is 5.91 Å². The number of aromatic nitrogens is 2. The third-order valence-electron chi connectivity index (χ3n) is 2.35. The van der Waals surface area contributed by atoms with E-state index < -0.39 is 9.84 Å². The largest absolute Gasteiger partial charge is 0.309 e. The van der Waals surface area contributed by atoms with Crippen LogP contribution in [0.25, 0.3) is 0 Å². The van der Waals surface area contributed by atoms with Crippen molar-refractivity contribution in [1.29, 1.82) is 0 Å². The Morgan fingerprint density at radius 3 is 2.50 bits per heavy atom. The second-order valence-electron chi connectivity index (χ2n) is 5.34. The molecule has 18 heavy (non-hydrogen) atoms. The van der Waals surface area contributed by atoms with Crippen LogP contribution in [0.1, 0.15) is 32.9 Å². The quantitative estimate of drug-likeness (QED) is 0.858. The zero-order chi connectivity index (χ0) is 14.0. The second kappa shape index (κ2) is 5.09. The van der Waals surface area contributed by atoms with Gasteiger partial charge in [-0.25, -0.2) is 8.42 Å². The van der Waals surface area contributed by atoms with E-state index in [1.807, 2.05) is 20.8 Å². The molecule has 0 radical (unpaired) electrons. The van der Waals surface area contributed by atoms with Gasteiger partial charge < -0.3 is 5.32 Å². The van der Waals surface area contributed by atoms with Crippen LogP contribution in [0.5, 0.6) is 0 Å². The molecule has 0 aliphatic carbocycles. The SMILES string of the molecule is CC(C)(C)c1cc(NC(=O)CCS(C)(=O)=O)n[nH]1. The lowest BCUT2D eigenvalue weighted by Crippen LogP contribution is -2.16. The molecule has 2 N–H and O–H groups in total. The third-order valence-corrected chi connectivity index (χ3v) is 3.30. The minimum absolute atomic E-state index is 0.0590. The average Bonchev–Trinajstić information content (AvgIpc) is 2.61. The van der Waals surface area contributed by atoms with Gasteiger partial charge in [0, 0.05) is 29.9 Å². The van der Waals surface area contributed by atoms with Crippen LogP contribution in [0.3, 0.4) is 0 Å². The van der Waals surface area contributed by atoms with Crippen molar-refractivity contribution in [2.24, 2.45) is 0 Å². The van der Waals surface area contributed by atoms with Crippen LogP contribution in [0.15, 0.2) is 6.07 Å². The van der Waals surface area contributed by atoms with Crippen molar-refractivity contribution >= 4 is 21.6 Å². The van der Waals surface area contributed by atoms with Crippen LogP contribution in [-0.2, 0) is 20.0 Å². The van der Waals surface area contributed by atoms with Gasteiger partial charge in [-0.05, 0) is 0 Å². The number of nitrogens with one attached hydrogen (secondary N) is 2. The molecule has 1 amide bonds. The fourth-order valence-electron chi connectivity index (χ4n) is 1.25. The Morgan fingerprint density at radius 2 is 2.06 bits per heavy atom. The predicted molar refractivity (Wildman–Crippen MR) is 70.2 cm³/mol. The fourth-order valence-corrected chi connectivity index (χ4v) is 1.81. The van der Waals surface area contributed by atoms with Crippen LogP contribution < -0.4 is 5.32 Å². The van der Waals surface area contributed by atoms with Crippen molar-refractivity contribution in [3.63, 3.8) is 0 Å². The summed E-state index contributed by atoms with van der Waals surface area (Å²) in [5.41, 5.74) is 0.823. The first-order valence-corrected chi connectivity index (χ1v) is 7.67. The highest BCUT2D eigenvalue weighted by atomic mass is 32.2. The Morgan fingerprint density at radius 1 is 1.44 bits per heavy atom. The monoisotopic (exact) mass is 273 g/mol. The summed E-state index contributed by atoms with van der Waals surface area (Å²) >= 11 is 0. The number of amides is 1. The summed E-state index contributed by atoms with van der Waals surface area (Å²) < 4.78 is 21.8. The Balaban J connectivity index is 2.58. The predicted octanol–water partition coefficient (Wildman–Crippen LogP) is 1.08. The van der Waals surface area contributed by atoms with Gasteiger partial charge in [0.1, 0.15) is 9.84 Å². The van der Waals surface area contributed by atoms with Crippen LogP contribution in [0, 0.1) is 0 Å². The molecule has 0 saturated heterocycles. The Hall–Kier alpha value is -1.37. The molecule has 0 unspecified atom stereocenters. The third kappa shape index (κ3) is 4.87. The van der Waals surface area contributed by atoms with Gasteiger partial charge in [0.05, 0.1) is 5.75 Å². The normalized spacial score (nSPS) is 12.4. The van der Waals surface area contributed by atoms with Crippen LogP contribution in [-0.4, -0.2) is 36.5 Å². The molecular weight excluding hydrogens is 254 g/mol. The fraction of sp³-hybridized carbons (Fsp3) is 0.636. The molecule has 0 aromatic carbocycles. The maximum absolute atomic E-state index is 11.5. The van der Waals surface area contributed by atoms with E-state index >= 15 is 0 Å². The lowest BCUT2D eigenvalue weighted by atomic mass is 9.92. The molecule has 0 bridgehead atoms. The van der Waals surface area contributed by atoms with E-state index in [2.05, 4.69) is 15.5 Å². The molecule has 1 aromatic rings. The van der Waals surface area contributed by atoms with Gasteiger partial charge in [-0.15, -0.1) is 0 Å². The standard InChI is InChI=1S/C11H19N3O3S/c1-11(2,3)8-7-9(14-13-8)12-10(15)5-6-18(4,16)17/h7H,5-6H2,1-4H3,(H2,12,13,14,15). The molecule has 1 rings (SSSR count). The lowest BCUT2D eigenvalue weighted by Gasteiger charge is -2.14. The number of hydrogen-bond donors (Lipinski definition) is 2. The van der Waals surface area contributed by atoms with Crippen LogP contribution in [0.4, 0.5) is 5.82 Å². The van der Waals surface area contributed by atoms with Crippen molar-refractivity contribution in [3.8, 4) is 0 Å². The number of nitrogens with zero attached hydrogens (tertiary/aromatic N) is 1. The molecule has 0 spiro atoms. The van der Waals surface area contributed by atoms with Crippen molar-refractivity contribution in [1.82, 2.24) is 10.2 Å². The van der Waals surface area contributed by atoms with E-state index in [4.69, 9.17) is 0 Å². The molecule has 1 aromatic heterocycles. The van der Waals surface area contributed by atoms with Crippen LogP contribution >= 0.6 is 0 Å². The van der Waals surface area contributed by atoms with Gasteiger partial charge in [-0.1, -0.05) is 20.8 Å². The van der Waals surface area contributed by atoms with E-state index in [1.54, 1.807) is 6.07 Å². The molecule has 102 valence electrons. The van der Waals surface area contributed by atoms with Gasteiger partial charge in [0.25, 0.3) is 0 Å². The molecule has 0 atom stereocenters. The number of carbonyl (C=O) groups is 1. The molecule has 1 heterocycles. The maximum Gasteiger partial charge on any atom is 0.226 e. The molecule has 0 saturated carbocycles. The Kier molecular flexibility index (Phi) is 4.16. The second-order valence-corrected chi connectivity index (χ2v) is 7.60. The highest BCUT2D eigenvalue weighted by Gasteiger charge is 2.17. The molecule has 0 fully saturated rings. The Bertz CT molecular complexity index is 526. The summed E-state index contributed by atoms with van der Waals surface area (Å²) in [5, 5.41) is 9.36. The lowest BCUT2D eigenvalue weighted by molar-refractivity contribution is -0.115. The zero-order valence-corrected chi connectivity index (χ0v) is 11.9. The highest BCUT2D eigenvalue weighted by molar-refractivity contribution is 7.90.